The van der Waals surface area contributed by atoms with Gasteiger partial charge in [-0.3, -0.25) is 4.90 Å². The highest BCUT2D eigenvalue weighted by molar-refractivity contribution is 9.10. The molecule has 1 fully saturated rings. The number of likely N-dealkylation sites (tertiary alicyclic amines) is 1. The summed E-state index contributed by atoms with van der Waals surface area (Å²) in [6, 6.07) is 6.13. The fourth-order valence-corrected chi connectivity index (χ4v) is 2.98. The van der Waals surface area contributed by atoms with E-state index in [0.717, 1.165) is 36.3 Å². The Morgan fingerprint density at radius 2 is 2.33 bits per heavy atom. The number of rotatable bonds is 5. The number of aliphatic hydroxyl groups is 1. The van der Waals surface area contributed by atoms with Crippen LogP contribution in [0.15, 0.2) is 22.7 Å². The van der Waals surface area contributed by atoms with E-state index in [-0.39, 0.29) is 0 Å². The lowest BCUT2D eigenvalue weighted by molar-refractivity contribution is 0.249. The lowest BCUT2D eigenvalue weighted by Gasteiger charge is -2.17. The van der Waals surface area contributed by atoms with Crippen molar-refractivity contribution in [3.05, 3.63) is 28.2 Å². The predicted molar refractivity (Wildman–Crippen MR) is 75.8 cm³/mol. The Bertz CT molecular complexity index is 397. The number of methoxy groups -OCH3 is 1. The lowest BCUT2D eigenvalue weighted by atomic mass is 10.1. The van der Waals surface area contributed by atoms with Crippen molar-refractivity contribution < 1.29 is 9.84 Å². The second-order valence-electron chi connectivity index (χ2n) is 4.86. The quantitative estimate of drug-likeness (QED) is 0.907. The molecule has 100 valence electrons. The van der Waals surface area contributed by atoms with Crippen molar-refractivity contribution in [3.63, 3.8) is 0 Å². The number of hydrogen-bond acceptors (Lipinski definition) is 3. The van der Waals surface area contributed by atoms with Gasteiger partial charge in [-0.15, -0.1) is 0 Å². The highest BCUT2D eigenvalue weighted by Crippen LogP contribution is 2.27. The van der Waals surface area contributed by atoms with Gasteiger partial charge in [-0.2, -0.15) is 0 Å². The van der Waals surface area contributed by atoms with Gasteiger partial charge >= 0.3 is 0 Å². The molecule has 2 rings (SSSR count). The predicted octanol–water partition coefficient (Wildman–Crippen LogP) is 2.66. The molecule has 0 bridgehead atoms. The Morgan fingerprint density at radius 1 is 1.50 bits per heavy atom. The molecule has 1 aromatic carbocycles. The van der Waals surface area contributed by atoms with Crippen molar-refractivity contribution in [1.29, 1.82) is 0 Å². The number of nitrogens with zero attached hydrogens (tertiary/aromatic N) is 1. The van der Waals surface area contributed by atoms with Crippen LogP contribution < -0.4 is 4.74 Å². The van der Waals surface area contributed by atoms with E-state index in [1.165, 1.54) is 12.0 Å². The van der Waals surface area contributed by atoms with E-state index in [1.807, 2.05) is 12.1 Å². The third-order valence-corrected chi connectivity index (χ3v) is 4.30. The van der Waals surface area contributed by atoms with Gasteiger partial charge in [0.1, 0.15) is 5.75 Å². The first-order valence-electron chi connectivity index (χ1n) is 6.38. The zero-order valence-electron chi connectivity index (χ0n) is 10.7. The minimum atomic E-state index is 0.310. The van der Waals surface area contributed by atoms with Crippen LogP contribution in [-0.2, 0) is 6.54 Å². The van der Waals surface area contributed by atoms with Crippen LogP contribution in [0.25, 0.3) is 0 Å². The van der Waals surface area contributed by atoms with Crippen LogP contribution in [0.1, 0.15) is 18.4 Å². The third kappa shape index (κ3) is 3.46. The molecule has 0 unspecified atom stereocenters. The van der Waals surface area contributed by atoms with Gasteiger partial charge < -0.3 is 9.84 Å². The lowest BCUT2D eigenvalue weighted by Crippen LogP contribution is -2.20. The largest absolute Gasteiger partial charge is 0.497 e. The molecule has 3 nitrogen and oxygen atoms in total. The monoisotopic (exact) mass is 313 g/mol. The van der Waals surface area contributed by atoms with E-state index in [1.54, 1.807) is 7.11 Å². The molecule has 1 aliphatic heterocycles. The number of hydrogen-bond donors (Lipinski definition) is 1. The fourth-order valence-electron chi connectivity index (χ4n) is 2.50. The van der Waals surface area contributed by atoms with Crippen LogP contribution in [-0.4, -0.2) is 36.8 Å². The topological polar surface area (TPSA) is 32.7 Å². The molecule has 0 aliphatic carbocycles. The van der Waals surface area contributed by atoms with Crippen molar-refractivity contribution in [2.24, 2.45) is 5.92 Å². The Hall–Kier alpha value is -0.580. The molecular weight excluding hydrogens is 294 g/mol. The average Bonchev–Trinajstić information content (AvgIpc) is 2.80. The van der Waals surface area contributed by atoms with E-state index in [0.29, 0.717) is 12.5 Å². The first kappa shape index (κ1) is 13.8. The summed E-state index contributed by atoms with van der Waals surface area (Å²) < 4.78 is 6.30. The number of benzene rings is 1. The Balaban J connectivity index is 1.94. The van der Waals surface area contributed by atoms with Gasteiger partial charge in [-0.1, -0.05) is 22.0 Å². The van der Waals surface area contributed by atoms with E-state index in [4.69, 9.17) is 9.84 Å². The van der Waals surface area contributed by atoms with Gasteiger partial charge in [0.25, 0.3) is 0 Å². The zero-order valence-corrected chi connectivity index (χ0v) is 12.3. The average molecular weight is 314 g/mol. The van der Waals surface area contributed by atoms with Gasteiger partial charge in [0, 0.05) is 24.2 Å². The minimum Gasteiger partial charge on any atom is -0.497 e. The van der Waals surface area contributed by atoms with Crippen molar-refractivity contribution in [3.8, 4) is 5.75 Å². The summed E-state index contributed by atoms with van der Waals surface area (Å²) in [5, 5.41) is 8.96. The van der Waals surface area contributed by atoms with Crippen molar-refractivity contribution in [2.45, 2.75) is 19.4 Å². The van der Waals surface area contributed by atoms with E-state index >= 15 is 0 Å². The van der Waals surface area contributed by atoms with Crippen LogP contribution >= 0.6 is 15.9 Å². The highest BCUT2D eigenvalue weighted by atomic mass is 79.9. The summed E-state index contributed by atoms with van der Waals surface area (Å²) in [6.45, 7) is 3.50. The summed E-state index contributed by atoms with van der Waals surface area (Å²) in [4.78, 5) is 2.45. The van der Waals surface area contributed by atoms with Crippen molar-refractivity contribution in [2.75, 3.05) is 26.8 Å². The Labute approximate surface area is 117 Å². The second kappa shape index (κ2) is 6.55. The summed E-state index contributed by atoms with van der Waals surface area (Å²) in [6.07, 6.45) is 2.13. The van der Waals surface area contributed by atoms with Crippen molar-refractivity contribution in [1.82, 2.24) is 4.90 Å². The molecule has 1 heterocycles. The third-order valence-electron chi connectivity index (χ3n) is 3.56. The number of ether oxygens (including phenoxy) is 1. The number of aliphatic hydroxyl groups excluding tert-OH is 1. The molecule has 0 radical (unpaired) electrons. The maximum absolute atomic E-state index is 8.96. The van der Waals surface area contributed by atoms with Crippen molar-refractivity contribution >= 4 is 15.9 Å². The molecule has 0 aromatic heterocycles. The molecule has 1 aromatic rings. The fraction of sp³-hybridized carbons (Fsp3) is 0.571. The minimum absolute atomic E-state index is 0.310. The smallest absolute Gasteiger partial charge is 0.120 e. The van der Waals surface area contributed by atoms with Gasteiger partial charge in [-0.25, -0.2) is 0 Å². The Kier molecular flexibility index (Phi) is 5.03. The first-order chi connectivity index (χ1) is 8.72. The summed E-state index contributed by atoms with van der Waals surface area (Å²) in [5.74, 6) is 1.54. The molecular formula is C14H20BrNO2. The van der Waals surface area contributed by atoms with Gasteiger partial charge in [0.2, 0.25) is 0 Å². The van der Waals surface area contributed by atoms with E-state index < -0.39 is 0 Å². The SMILES string of the molecule is COc1ccc(CN2CC[C@@H](CCO)C2)c(Br)c1. The summed E-state index contributed by atoms with van der Waals surface area (Å²) >= 11 is 3.59. The zero-order chi connectivity index (χ0) is 13.0. The molecule has 0 spiro atoms. The first-order valence-corrected chi connectivity index (χ1v) is 7.18. The van der Waals surface area contributed by atoms with E-state index in [9.17, 15) is 0 Å². The van der Waals surface area contributed by atoms with Crippen LogP contribution in [0.5, 0.6) is 5.75 Å². The second-order valence-corrected chi connectivity index (χ2v) is 5.71. The molecule has 4 heteroatoms. The van der Waals surface area contributed by atoms with Crippen LogP contribution in [0.3, 0.4) is 0 Å². The maximum atomic E-state index is 8.96. The van der Waals surface area contributed by atoms with Gasteiger partial charge in [0.15, 0.2) is 0 Å². The molecule has 1 atom stereocenters. The standard InChI is InChI=1S/C14H20BrNO2/c1-18-13-3-2-12(14(15)8-13)10-16-6-4-11(9-16)5-7-17/h2-3,8,11,17H,4-7,9-10H2,1H3/t11-/m0/s1. The maximum Gasteiger partial charge on any atom is 0.120 e. The molecule has 18 heavy (non-hydrogen) atoms. The van der Waals surface area contributed by atoms with Gasteiger partial charge in [-0.05, 0) is 43.0 Å². The molecule has 0 saturated carbocycles. The molecule has 0 amide bonds. The van der Waals surface area contributed by atoms with E-state index in [2.05, 4.69) is 26.9 Å². The normalized spacial score (nSPS) is 20.3. The van der Waals surface area contributed by atoms with Gasteiger partial charge in [0.05, 0.1) is 7.11 Å². The van der Waals surface area contributed by atoms with Crippen LogP contribution in [0.2, 0.25) is 0 Å². The summed E-state index contributed by atoms with van der Waals surface area (Å²) in [5.41, 5.74) is 1.29. The highest BCUT2D eigenvalue weighted by Gasteiger charge is 2.22. The molecule has 1 saturated heterocycles. The Morgan fingerprint density at radius 3 is 3.00 bits per heavy atom. The van der Waals surface area contributed by atoms with Crippen LogP contribution in [0.4, 0.5) is 0 Å². The number of halogens is 1. The molecule has 1 aliphatic rings. The van der Waals surface area contributed by atoms with Crippen LogP contribution in [0, 0.1) is 5.92 Å². The molecule has 1 N–H and O–H groups in total. The summed E-state index contributed by atoms with van der Waals surface area (Å²) in [7, 11) is 1.68.